The molecule has 0 aliphatic carbocycles. The fourth-order valence-electron chi connectivity index (χ4n) is 2.34. The molecule has 0 aromatic heterocycles. The molecular weight excluding hydrogens is 374 g/mol. The largest absolute Gasteiger partial charge is 0.606 e. The number of hydrogen-bond donors (Lipinski definition) is 0. The lowest BCUT2D eigenvalue weighted by Gasteiger charge is -2.15. The molecule has 2 aromatic rings. The van der Waals surface area contributed by atoms with Gasteiger partial charge in [-0.1, -0.05) is 0 Å². The Balaban J connectivity index is 2.14. The molecule has 0 radical (unpaired) electrons. The van der Waals surface area contributed by atoms with Crippen molar-refractivity contribution >= 4 is 17.0 Å². The molecule has 1 unspecified atom stereocenters. The molecular formula is C15H6F6O3S. The van der Waals surface area contributed by atoms with E-state index in [2.05, 4.69) is 0 Å². The quantitative estimate of drug-likeness (QED) is 0.578. The van der Waals surface area contributed by atoms with Gasteiger partial charge >= 0.3 is 5.25 Å². The van der Waals surface area contributed by atoms with Gasteiger partial charge in [-0.25, -0.2) is 17.6 Å². The van der Waals surface area contributed by atoms with Crippen molar-refractivity contribution in [1.82, 2.24) is 0 Å². The van der Waals surface area contributed by atoms with Crippen LogP contribution in [0.3, 0.4) is 0 Å². The molecule has 3 rings (SSSR count). The van der Waals surface area contributed by atoms with E-state index in [1.807, 2.05) is 0 Å². The third-order valence-electron chi connectivity index (χ3n) is 3.37. The fourth-order valence-corrected chi connectivity index (χ4v) is 3.62. The van der Waals surface area contributed by atoms with Gasteiger partial charge in [0.1, 0.15) is 28.7 Å². The Hall–Kier alpha value is -2.20. The van der Waals surface area contributed by atoms with E-state index in [-0.39, 0.29) is 0 Å². The Morgan fingerprint density at radius 1 is 1.08 bits per heavy atom. The van der Waals surface area contributed by atoms with Gasteiger partial charge in [-0.05, 0) is 12.1 Å². The minimum atomic E-state index is -4.34. The Morgan fingerprint density at radius 3 is 2.24 bits per heavy atom. The molecule has 0 spiro atoms. The second-order valence-electron chi connectivity index (χ2n) is 4.98. The highest BCUT2D eigenvalue weighted by Gasteiger charge is 2.62. The molecule has 2 aromatic carbocycles. The molecule has 0 N–H and O–H groups in total. The number of rotatable bonds is 3. The zero-order valence-electron chi connectivity index (χ0n) is 11.9. The summed E-state index contributed by atoms with van der Waals surface area (Å²) in [5.41, 5.74) is -2.00. The zero-order valence-corrected chi connectivity index (χ0v) is 12.7. The lowest BCUT2D eigenvalue weighted by atomic mass is 10.1. The Kier molecular flexibility index (Phi) is 4.20. The summed E-state index contributed by atoms with van der Waals surface area (Å²) in [4.78, 5) is 10.5. The fraction of sp³-hybridized carbons (Fsp3) is 0.133. The van der Waals surface area contributed by atoms with Crippen LogP contribution in [0.4, 0.5) is 26.3 Å². The SMILES string of the molecule is O=C1c2ccc(Oc3cc(F)cc(F)c3)c(C(F)F)c2[S+]([O-])C1(F)F. The predicted octanol–water partition coefficient (Wildman–Crippen LogP) is 4.59. The van der Waals surface area contributed by atoms with Gasteiger partial charge in [-0.3, -0.25) is 4.79 Å². The number of hydrogen-bond acceptors (Lipinski definition) is 3. The van der Waals surface area contributed by atoms with Crippen LogP contribution in [0.2, 0.25) is 0 Å². The average molecular weight is 380 g/mol. The van der Waals surface area contributed by atoms with Gasteiger partial charge < -0.3 is 9.29 Å². The van der Waals surface area contributed by atoms with E-state index in [1.54, 1.807) is 0 Å². The van der Waals surface area contributed by atoms with Crippen molar-refractivity contribution in [2.24, 2.45) is 0 Å². The minimum absolute atomic E-state index is 0.512. The van der Waals surface area contributed by atoms with Gasteiger partial charge in [0.25, 0.3) is 12.2 Å². The summed E-state index contributed by atoms with van der Waals surface area (Å²) in [6.45, 7) is 0. The maximum absolute atomic E-state index is 13.6. The minimum Gasteiger partial charge on any atom is -0.606 e. The number of fused-ring (bicyclic) bond motifs is 1. The van der Waals surface area contributed by atoms with E-state index in [0.29, 0.717) is 18.2 Å². The lowest BCUT2D eigenvalue weighted by molar-refractivity contribution is 0.0549. The van der Waals surface area contributed by atoms with Crippen LogP contribution in [0, 0.1) is 11.6 Å². The number of Topliss-reactive ketones (excluding diaryl/α,β-unsaturated/α-hetero) is 1. The molecule has 0 saturated carbocycles. The van der Waals surface area contributed by atoms with E-state index in [1.165, 1.54) is 0 Å². The van der Waals surface area contributed by atoms with Crippen LogP contribution in [-0.2, 0) is 11.2 Å². The number of carbonyl (C=O) groups is 1. The molecule has 1 heterocycles. The van der Waals surface area contributed by atoms with Crippen molar-refractivity contribution in [2.45, 2.75) is 16.6 Å². The van der Waals surface area contributed by atoms with Gasteiger partial charge in [-0.15, -0.1) is 8.78 Å². The van der Waals surface area contributed by atoms with Gasteiger partial charge in [0, 0.05) is 18.2 Å². The number of ketones is 1. The third kappa shape index (κ3) is 2.85. The Labute approximate surface area is 139 Å². The van der Waals surface area contributed by atoms with Crippen molar-refractivity contribution in [1.29, 1.82) is 0 Å². The van der Waals surface area contributed by atoms with Crippen LogP contribution in [-0.4, -0.2) is 15.6 Å². The van der Waals surface area contributed by atoms with Gasteiger partial charge in [0.05, 0.1) is 16.7 Å². The topological polar surface area (TPSA) is 49.4 Å². The lowest BCUT2D eigenvalue weighted by Crippen LogP contribution is -2.30. The van der Waals surface area contributed by atoms with Crippen LogP contribution >= 0.6 is 0 Å². The molecule has 0 amide bonds. The van der Waals surface area contributed by atoms with E-state index in [0.717, 1.165) is 12.1 Å². The van der Waals surface area contributed by atoms with Crippen LogP contribution in [0.1, 0.15) is 22.3 Å². The summed E-state index contributed by atoms with van der Waals surface area (Å²) in [7, 11) is 0. The standard InChI is InChI=1S/C15H6F6O3S/c16-6-3-7(17)5-8(4-6)24-10-2-1-9-12(11(10)14(18)19)25(23)15(20,21)13(9)22/h1-5,14H. The van der Waals surface area contributed by atoms with Crippen LogP contribution in [0.5, 0.6) is 11.5 Å². The van der Waals surface area contributed by atoms with E-state index >= 15 is 0 Å². The van der Waals surface area contributed by atoms with Gasteiger partial charge in [-0.2, -0.15) is 0 Å². The first-order valence-corrected chi connectivity index (χ1v) is 7.71. The summed E-state index contributed by atoms with van der Waals surface area (Å²) >= 11 is -3.34. The summed E-state index contributed by atoms with van der Waals surface area (Å²) in [5.74, 6) is -5.20. The first-order chi connectivity index (χ1) is 11.6. The summed E-state index contributed by atoms with van der Waals surface area (Å²) in [6.07, 6.45) is -3.42. The number of halogens is 6. The zero-order chi connectivity index (χ0) is 18.5. The van der Waals surface area contributed by atoms with Crippen LogP contribution in [0.15, 0.2) is 35.2 Å². The molecule has 1 aliphatic rings. The highest BCUT2D eigenvalue weighted by Crippen LogP contribution is 2.48. The normalized spacial score (nSPS) is 18.6. The average Bonchev–Trinajstić information content (AvgIpc) is 2.67. The van der Waals surface area contributed by atoms with Crippen molar-refractivity contribution < 1.29 is 40.4 Å². The number of alkyl halides is 4. The molecule has 0 fully saturated rings. The first kappa shape index (κ1) is 17.6. The molecule has 1 aliphatic heterocycles. The molecule has 3 nitrogen and oxygen atoms in total. The van der Waals surface area contributed by atoms with E-state index in [9.17, 15) is 35.7 Å². The predicted molar refractivity (Wildman–Crippen MR) is 73.5 cm³/mol. The molecule has 0 saturated heterocycles. The second kappa shape index (κ2) is 5.95. The monoisotopic (exact) mass is 380 g/mol. The molecule has 1 atom stereocenters. The number of benzene rings is 2. The highest BCUT2D eigenvalue weighted by atomic mass is 32.2. The highest BCUT2D eigenvalue weighted by molar-refractivity contribution is 7.94. The molecule has 132 valence electrons. The Morgan fingerprint density at radius 2 is 1.68 bits per heavy atom. The smallest absolute Gasteiger partial charge is 0.477 e. The summed E-state index contributed by atoms with van der Waals surface area (Å²) in [6, 6.07) is 3.41. The maximum atomic E-state index is 13.6. The van der Waals surface area contributed by atoms with Crippen molar-refractivity contribution in [3.63, 3.8) is 0 Å². The van der Waals surface area contributed by atoms with Crippen molar-refractivity contribution in [2.75, 3.05) is 0 Å². The van der Waals surface area contributed by atoms with Crippen molar-refractivity contribution in [3.8, 4) is 11.5 Å². The van der Waals surface area contributed by atoms with E-state index in [4.69, 9.17) is 4.74 Å². The maximum Gasteiger partial charge on any atom is 0.477 e. The first-order valence-electron chi connectivity index (χ1n) is 6.56. The summed E-state index contributed by atoms with van der Waals surface area (Å²) < 4.78 is 97.0. The third-order valence-corrected chi connectivity index (χ3v) is 4.83. The molecule has 0 bridgehead atoms. The van der Waals surface area contributed by atoms with Gasteiger partial charge in [0.15, 0.2) is 4.90 Å². The van der Waals surface area contributed by atoms with Crippen LogP contribution in [0.25, 0.3) is 0 Å². The van der Waals surface area contributed by atoms with E-state index < -0.39 is 67.8 Å². The number of carbonyl (C=O) groups excluding carboxylic acids is 1. The molecule has 10 heteroatoms. The summed E-state index contributed by atoms with van der Waals surface area (Å²) in [5, 5.41) is -4.34. The number of ether oxygens (including phenoxy) is 1. The van der Waals surface area contributed by atoms with Crippen LogP contribution < -0.4 is 4.74 Å². The second-order valence-corrected chi connectivity index (χ2v) is 6.44. The molecule has 25 heavy (non-hydrogen) atoms. The van der Waals surface area contributed by atoms with Gasteiger partial charge in [0.2, 0.25) is 0 Å². The van der Waals surface area contributed by atoms with Crippen molar-refractivity contribution in [3.05, 3.63) is 53.1 Å². The Bertz CT molecular complexity index is 850.